The molecule has 1 unspecified atom stereocenters. The molecule has 1 heterocycles. The maximum atomic E-state index is 14.7. The summed E-state index contributed by atoms with van der Waals surface area (Å²) in [4.78, 5) is 17.1. The molecule has 1 atom stereocenters. The lowest BCUT2D eigenvalue weighted by Gasteiger charge is -2.36. The molecule has 0 saturated heterocycles. The van der Waals surface area contributed by atoms with Crippen LogP contribution in [0.15, 0.2) is 35.5 Å². The molecule has 0 radical (unpaired) electrons. The maximum absolute atomic E-state index is 14.7. The number of rotatable bonds is 4. The molecule has 212 valence electrons. The van der Waals surface area contributed by atoms with Crippen LogP contribution in [0.2, 0.25) is 5.02 Å². The van der Waals surface area contributed by atoms with Crippen LogP contribution < -0.4 is 5.32 Å². The van der Waals surface area contributed by atoms with Crippen molar-refractivity contribution in [2.45, 2.75) is 56.4 Å². The zero-order valence-electron chi connectivity index (χ0n) is 19.6. The van der Waals surface area contributed by atoms with Gasteiger partial charge in [-0.25, -0.2) is 4.39 Å². The number of hydrogen-bond donors (Lipinski definition) is 1. The van der Waals surface area contributed by atoms with Crippen LogP contribution in [-0.4, -0.2) is 30.0 Å². The van der Waals surface area contributed by atoms with Gasteiger partial charge in [-0.1, -0.05) is 22.8 Å². The summed E-state index contributed by atoms with van der Waals surface area (Å²) in [7, 11) is 0. The van der Waals surface area contributed by atoms with E-state index >= 15 is 0 Å². The second-order valence-corrected chi connectivity index (χ2v) is 9.77. The molecule has 0 aromatic heterocycles. The largest absolute Gasteiger partial charge is 0.435 e. The summed E-state index contributed by atoms with van der Waals surface area (Å²) in [6.07, 6.45) is -16.7. The van der Waals surface area contributed by atoms with Gasteiger partial charge in [-0.3, -0.25) is 4.79 Å². The Balaban J connectivity index is 1.58. The monoisotopic (exact) mass is 590 g/mol. The highest BCUT2D eigenvalue weighted by molar-refractivity contribution is 6.30. The summed E-state index contributed by atoms with van der Waals surface area (Å²) in [6, 6.07) is 3.07. The Morgan fingerprint density at radius 2 is 1.69 bits per heavy atom. The third kappa shape index (κ3) is 5.39. The predicted octanol–water partition coefficient (Wildman–Crippen LogP) is 7.46. The first kappa shape index (κ1) is 29.0. The van der Waals surface area contributed by atoms with Crippen molar-refractivity contribution >= 4 is 23.2 Å². The molecule has 1 fully saturated rings. The quantitative estimate of drug-likeness (QED) is 0.376. The summed E-state index contributed by atoms with van der Waals surface area (Å²) < 4.78 is 135. The van der Waals surface area contributed by atoms with E-state index in [0.29, 0.717) is 0 Å². The molecule has 2 aliphatic rings. The van der Waals surface area contributed by atoms with E-state index in [-0.39, 0.29) is 41.7 Å². The van der Waals surface area contributed by atoms with Crippen LogP contribution in [0.1, 0.15) is 51.9 Å². The number of carbonyl (C=O) groups is 1. The van der Waals surface area contributed by atoms with Crippen molar-refractivity contribution in [3.8, 4) is 0 Å². The lowest BCUT2D eigenvalue weighted by molar-refractivity contribution is -0.276. The van der Waals surface area contributed by atoms with Crippen molar-refractivity contribution in [3.05, 3.63) is 69.0 Å². The average Bonchev–Trinajstić information content (AvgIpc) is 3.22. The number of halogens is 11. The van der Waals surface area contributed by atoms with Crippen molar-refractivity contribution < 1.29 is 53.5 Å². The number of aryl methyl sites for hydroxylation is 1. The lowest BCUT2D eigenvalue weighted by Crippen LogP contribution is -2.49. The summed E-state index contributed by atoms with van der Waals surface area (Å²) in [5.74, 6) is -3.97. The van der Waals surface area contributed by atoms with E-state index in [1.165, 1.54) is 25.1 Å². The van der Waals surface area contributed by atoms with E-state index in [9.17, 15) is 48.7 Å². The molecule has 1 N–H and O–H groups in total. The number of alkyl halides is 9. The molecule has 1 saturated carbocycles. The fourth-order valence-corrected chi connectivity index (χ4v) is 4.67. The minimum absolute atomic E-state index is 0.00515. The molecule has 15 heteroatoms. The Morgan fingerprint density at radius 1 is 1.05 bits per heavy atom. The van der Waals surface area contributed by atoms with Crippen LogP contribution in [0.4, 0.5) is 43.9 Å². The molecule has 0 spiro atoms. The third-order valence-electron chi connectivity index (χ3n) is 6.72. The van der Waals surface area contributed by atoms with E-state index in [0.717, 1.165) is 0 Å². The van der Waals surface area contributed by atoms with Crippen LogP contribution in [0.3, 0.4) is 0 Å². The summed E-state index contributed by atoms with van der Waals surface area (Å²) >= 11 is 5.49. The number of nitrogens with zero attached hydrogens (tertiary/aromatic N) is 1. The third-order valence-corrected chi connectivity index (χ3v) is 6.99. The van der Waals surface area contributed by atoms with Gasteiger partial charge in [0.1, 0.15) is 5.82 Å². The minimum atomic E-state index is -5.43. The van der Waals surface area contributed by atoms with Gasteiger partial charge in [-0.2, -0.15) is 39.5 Å². The molecular weight excluding hydrogens is 574 g/mol. The summed E-state index contributed by atoms with van der Waals surface area (Å²) in [5.41, 5.74) is -6.90. The Bertz CT molecular complexity index is 1330. The van der Waals surface area contributed by atoms with Gasteiger partial charge < -0.3 is 10.2 Å². The molecule has 1 aliphatic carbocycles. The molecule has 4 rings (SSSR count). The molecule has 1 amide bonds. The molecule has 4 nitrogen and oxygen atoms in total. The van der Waals surface area contributed by atoms with Crippen molar-refractivity contribution in [3.63, 3.8) is 0 Å². The number of oxime groups is 1. The topological polar surface area (TPSA) is 50.7 Å². The van der Waals surface area contributed by atoms with E-state index in [4.69, 9.17) is 11.6 Å². The Kier molecular flexibility index (Phi) is 7.10. The second-order valence-electron chi connectivity index (χ2n) is 9.36. The first-order chi connectivity index (χ1) is 17.8. The normalized spacial score (nSPS) is 23.6. The van der Waals surface area contributed by atoms with Gasteiger partial charge in [-0.15, -0.1) is 0 Å². The van der Waals surface area contributed by atoms with Crippen LogP contribution in [0.25, 0.3) is 0 Å². The van der Waals surface area contributed by atoms with Crippen molar-refractivity contribution in [2.24, 2.45) is 11.1 Å². The maximum Gasteiger partial charge on any atom is 0.435 e. The smallest absolute Gasteiger partial charge is 0.374 e. The van der Waals surface area contributed by atoms with Gasteiger partial charge in [0.25, 0.3) is 11.5 Å². The van der Waals surface area contributed by atoms with Crippen molar-refractivity contribution in [2.75, 3.05) is 0 Å². The number of amides is 1. The zero-order valence-corrected chi connectivity index (χ0v) is 20.3. The molecule has 39 heavy (non-hydrogen) atoms. The van der Waals surface area contributed by atoms with Crippen LogP contribution in [0.5, 0.6) is 0 Å². The van der Waals surface area contributed by atoms with Crippen molar-refractivity contribution in [1.82, 2.24) is 5.32 Å². The zero-order chi connectivity index (χ0) is 29.1. The van der Waals surface area contributed by atoms with Gasteiger partial charge in [0.2, 0.25) is 0 Å². The van der Waals surface area contributed by atoms with Gasteiger partial charge in [-0.05, 0) is 55.2 Å². The SMILES string of the molecule is Cc1cc(C2=NOC(c3cc(C(F)(F)F)cc(Cl)c3F)(C(F)(F)F)C2)ccc1C(=O)NC1CC(C(F)(F)F)C1. The minimum Gasteiger partial charge on any atom is -0.374 e. The number of hydrogen-bond acceptors (Lipinski definition) is 3. The van der Waals surface area contributed by atoms with Crippen molar-refractivity contribution in [1.29, 1.82) is 0 Å². The van der Waals surface area contributed by atoms with E-state index in [2.05, 4.69) is 15.3 Å². The van der Waals surface area contributed by atoms with Gasteiger partial charge >= 0.3 is 18.5 Å². The Hall–Kier alpha value is -3.03. The molecule has 2 aromatic rings. The molecule has 1 aliphatic heterocycles. The van der Waals surface area contributed by atoms with Crippen LogP contribution in [0, 0.1) is 18.7 Å². The number of benzene rings is 2. The number of nitrogens with one attached hydrogen (secondary N) is 1. The first-order valence-electron chi connectivity index (χ1n) is 11.2. The van der Waals surface area contributed by atoms with Gasteiger partial charge in [0.05, 0.1) is 28.6 Å². The average molecular weight is 591 g/mol. The lowest BCUT2D eigenvalue weighted by atomic mass is 9.79. The fraction of sp³-hybridized carbons (Fsp3) is 0.417. The highest BCUT2D eigenvalue weighted by Gasteiger charge is 2.64. The Labute approximate surface area is 218 Å². The highest BCUT2D eigenvalue weighted by Crippen LogP contribution is 2.51. The number of carbonyl (C=O) groups excluding carboxylic acids is 1. The van der Waals surface area contributed by atoms with E-state index < -0.39 is 76.1 Å². The fourth-order valence-electron chi connectivity index (χ4n) is 4.45. The predicted molar refractivity (Wildman–Crippen MR) is 118 cm³/mol. The van der Waals surface area contributed by atoms with E-state index in [1.54, 1.807) is 0 Å². The molecule has 2 aromatic carbocycles. The second kappa shape index (κ2) is 9.56. The summed E-state index contributed by atoms with van der Waals surface area (Å²) in [6.45, 7) is 1.41. The Morgan fingerprint density at radius 3 is 2.23 bits per heavy atom. The standard InChI is InChI=1S/C24H17ClF10N2O2/c1-10-4-11(2-3-15(10)20(38)36-14-5-12(6-14)22(27,28)29)18-9-21(39-37-18,24(33,34)35)16-7-13(23(30,31)32)8-17(25)19(16)26/h2-4,7-8,12,14H,5-6,9H2,1H3,(H,36,38). The van der Waals surface area contributed by atoms with Gasteiger partial charge in [0, 0.05) is 17.2 Å². The first-order valence-corrected chi connectivity index (χ1v) is 11.6. The van der Waals surface area contributed by atoms with Crippen LogP contribution >= 0.6 is 11.6 Å². The van der Waals surface area contributed by atoms with Crippen LogP contribution in [-0.2, 0) is 16.6 Å². The molecular formula is C24H17ClF10N2O2. The molecule has 0 bridgehead atoms. The van der Waals surface area contributed by atoms with Gasteiger partial charge in [0.15, 0.2) is 0 Å². The highest BCUT2D eigenvalue weighted by atomic mass is 35.5. The summed E-state index contributed by atoms with van der Waals surface area (Å²) in [5, 5.41) is 4.65. The van der Waals surface area contributed by atoms with E-state index in [1.807, 2.05) is 0 Å².